The second-order valence-electron chi connectivity index (χ2n) is 5.17. The molecule has 0 spiro atoms. The second kappa shape index (κ2) is 5.69. The highest BCUT2D eigenvalue weighted by Gasteiger charge is 2.32. The van der Waals surface area contributed by atoms with E-state index in [1.807, 2.05) is 0 Å². The van der Waals surface area contributed by atoms with Crippen molar-refractivity contribution in [2.45, 2.75) is 32.4 Å². The van der Waals surface area contributed by atoms with Gasteiger partial charge in [-0.05, 0) is 13.8 Å². The predicted octanol–water partition coefficient (Wildman–Crippen LogP) is 0.283. The highest BCUT2D eigenvalue weighted by atomic mass is 32.2. The zero-order valence-electron chi connectivity index (χ0n) is 11.4. The number of carboxylic acids is 1. The van der Waals surface area contributed by atoms with Gasteiger partial charge in [0.2, 0.25) is 5.91 Å². The number of amides is 1. The third-order valence-corrected chi connectivity index (χ3v) is 5.40. The van der Waals surface area contributed by atoms with Gasteiger partial charge >= 0.3 is 5.97 Å². The van der Waals surface area contributed by atoms with E-state index >= 15 is 0 Å². The van der Waals surface area contributed by atoms with Gasteiger partial charge in [-0.25, -0.2) is 8.42 Å². The van der Waals surface area contributed by atoms with Crippen LogP contribution in [-0.2, 0) is 19.4 Å². The van der Waals surface area contributed by atoms with E-state index in [2.05, 4.69) is 5.32 Å². The normalized spacial score (nSPS) is 15.8. The van der Waals surface area contributed by atoms with Gasteiger partial charge in [-0.1, -0.05) is 13.8 Å². The summed E-state index contributed by atoms with van der Waals surface area (Å²) in [6.07, 6.45) is 1.10. The van der Waals surface area contributed by atoms with Crippen LogP contribution in [0.5, 0.6) is 0 Å². The molecule has 0 rings (SSSR count). The Morgan fingerprint density at radius 3 is 2.00 bits per heavy atom. The van der Waals surface area contributed by atoms with Crippen molar-refractivity contribution in [2.24, 2.45) is 11.8 Å². The molecule has 0 aromatic rings. The Morgan fingerprint density at radius 1 is 1.22 bits per heavy atom. The molecule has 0 saturated carbocycles. The molecular weight excluding hydrogens is 258 g/mol. The second-order valence-corrected chi connectivity index (χ2v) is 7.81. The van der Waals surface area contributed by atoms with E-state index in [4.69, 9.17) is 5.11 Å². The van der Waals surface area contributed by atoms with Gasteiger partial charge in [-0.2, -0.15) is 0 Å². The lowest BCUT2D eigenvalue weighted by molar-refractivity contribution is -0.146. The highest BCUT2D eigenvalue weighted by molar-refractivity contribution is 7.92. The first-order chi connectivity index (χ1) is 7.90. The fourth-order valence-electron chi connectivity index (χ4n) is 1.03. The summed E-state index contributed by atoms with van der Waals surface area (Å²) in [5.74, 6) is -3.04. The molecule has 1 amide bonds. The molecule has 0 aliphatic rings. The van der Waals surface area contributed by atoms with E-state index in [0.717, 1.165) is 6.26 Å². The van der Waals surface area contributed by atoms with Crippen LogP contribution in [0.4, 0.5) is 0 Å². The molecule has 0 radical (unpaired) electrons. The van der Waals surface area contributed by atoms with Crippen molar-refractivity contribution in [3.63, 3.8) is 0 Å². The first kappa shape index (κ1) is 16.9. The largest absolute Gasteiger partial charge is 0.481 e. The van der Waals surface area contributed by atoms with Crippen LogP contribution in [0.1, 0.15) is 27.7 Å². The number of sulfone groups is 1. The van der Waals surface area contributed by atoms with Crippen LogP contribution < -0.4 is 5.32 Å². The summed E-state index contributed by atoms with van der Waals surface area (Å²) < 4.78 is 21.8. The summed E-state index contributed by atoms with van der Waals surface area (Å²) in [6.45, 7) is 5.92. The summed E-state index contributed by atoms with van der Waals surface area (Å²) >= 11 is 0. The van der Waals surface area contributed by atoms with Crippen LogP contribution in [-0.4, -0.2) is 42.9 Å². The quantitative estimate of drug-likeness (QED) is 0.727. The molecule has 0 fully saturated rings. The third-order valence-electron chi connectivity index (χ3n) is 3.25. The SMILES string of the molecule is CC(C(=O)O)C(C)C(=O)NCC(C)(C)S(C)(=O)=O. The van der Waals surface area contributed by atoms with Gasteiger partial charge in [0.05, 0.1) is 10.7 Å². The first-order valence-corrected chi connectivity index (χ1v) is 7.49. The van der Waals surface area contributed by atoms with E-state index in [-0.39, 0.29) is 6.54 Å². The fraction of sp³-hybridized carbons (Fsp3) is 0.818. The Hall–Kier alpha value is -1.11. The number of rotatable bonds is 6. The molecule has 0 aliphatic carbocycles. The van der Waals surface area contributed by atoms with Crippen LogP contribution in [0.2, 0.25) is 0 Å². The molecule has 0 aliphatic heterocycles. The van der Waals surface area contributed by atoms with Gasteiger partial charge in [0.25, 0.3) is 0 Å². The highest BCUT2D eigenvalue weighted by Crippen LogP contribution is 2.15. The van der Waals surface area contributed by atoms with Crippen molar-refractivity contribution in [1.29, 1.82) is 0 Å². The smallest absolute Gasteiger partial charge is 0.307 e. The van der Waals surface area contributed by atoms with Gasteiger partial charge in [0.15, 0.2) is 9.84 Å². The summed E-state index contributed by atoms with van der Waals surface area (Å²) in [6, 6.07) is 0. The molecule has 106 valence electrons. The molecule has 2 unspecified atom stereocenters. The van der Waals surface area contributed by atoms with Crippen molar-refractivity contribution in [2.75, 3.05) is 12.8 Å². The molecule has 0 saturated heterocycles. The number of aliphatic carboxylic acids is 1. The average Bonchev–Trinajstić information content (AvgIpc) is 2.22. The van der Waals surface area contributed by atoms with Crippen molar-refractivity contribution in [3.8, 4) is 0 Å². The lowest BCUT2D eigenvalue weighted by Gasteiger charge is -2.24. The van der Waals surface area contributed by atoms with Crippen molar-refractivity contribution in [1.82, 2.24) is 5.32 Å². The summed E-state index contributed by atoms with van der Waals surface area (Å²) in [5.41, 5.74) is 0. The Balaban J connectivity index is 4.58. The molecule has 7 heteroatoms. The number of nitrogens with one attached hydrogen (secondary N) is 1. The molecular formula is C11H21NO5S. The van der Waals surface area contributed by atoms with E-state index in [1.54, 1.807) is 0 Å². The van der Waals surface area contributed by atoms with E-state index in [1.165, 1.54) is 27.7 Å². The topological polar surface area (TPSA) is 101 Å². The fourth-order valence-corrected chi connectivity index (χ4v) is 1.37. The predicted molar refractivity (Wildman–Crippen MR) is 67.9 cm³/mol. The zero-order valence-corrected chi connectivity index (χ0v) is 12.2. The van der Waals surface area contributed by atoms with Gasteiger partial charge in [0.1, 0.15) is 0 Å². The first-order valence-electron chi connectivity index (χ1n) is 5.60. The van der Waals surface area contributed by atoms with Gasteiger partial charge in [-0.15, -0.1) is 0 Å². The lowest BCUT2D eigenvalue weighted by Crippen LogP contribution is -2.46. The molecule has 0 aromatic heterocycles. The Labute approximate surface area is 108 Å². The molecule has 6 nitrogen and oxygen atoms in total. The van der Waals surface area contributed by atoms with Crippen LogP contribution >= 0.6 is 0 Å². The van der Waals surface area contributed by atoms with E-state index in [0.29, 0.717) is 0 Å². The van der Waals surface area contributed by atoms with Crippen LogP contribution in [0.15, 0.2) is 0 Å². The molecule has 0 aromatic carbocycles. The summed E-state index contributed by atoms with van der Waals surface area (Å²) in [4.78, 5) is 22.4. The van der Waals surface area contributed by atoms with Crippen molar-refractivity contribution in [3.05, 3.63) is 0 Å². The third kappa shape index (κ3) is 4.29. The molecule has 0 bridgehead atoms. The maximum atomic E-state index is 11.7. The maximum Gasteiger partial charge on any atom is 0.307 e. The summed E-state index contributed by atoms with van der Waals surface area (Å²) in [5, 5.41) is 11.3. The minimum Gasteiger partial charge on any atom is -0.481 e. The Kier molecular flexibility index (Phi) is 5.34. The van der Waals surface area contributed by atoms with Gasteiger partial charge in [0, 0.05) is 18.7 Å². The van der Waals surface area contributed by atoms with Crippen LogP contribution in [0.25, 0.3) is 0 Å². The number of hydrogen-bond donors (Lipinski definition) is 2. The number of carbonyl (C=O) groups is 2. The van der Waals surface area contributed by atoms with E-state index < -0.39 is 38.3 Å². The lowest BCUT2D eigenvalue weighted by atomic mass is 9.95. The Bertz CT molecular complexity index is 427. The maximum absolute atomic E-state index is 11.7. The van der Waals surface area contributed by atoms with Crippen LogP contribution in [0.3, 0.4) is 0 Å². The molecule has 2 atom stereocenters. The number of hydrogen-bond acceptors (Lipinski definition) is 4. The number of carbonyl (C=O) groups excluding carboxylic acids is 1. The molecule has 18 heavy (non-hydrogen) atoms. The summed E-state index contributed by atoms with van der Waals surface area (Å²) in [7, 11) is -3.29. The van der Waals surface area contributed by atoms with Gasteiger partial charge in [-0.3, -0.25) is 9.59 Å². The monoisotopic (exact) mass is 279 g/mol. The average molecular weight is 279 g/mol. The van der Waals surface area contributed by atoms with Crippen molar-refractivity contribution < 1.29 is 23.1 Å². The minimum atomic E-state index is -3.29. The molecule has 0 heterocycles. The van der Waals surface area contributed by atoms with Crippen molar-refractivity contribution >= 4 is 21.7 Å². The van der Waals surface area contributed by atoms with E-state index in [9.17, 15) is 18.0 Å². The molecule has 2 N–H and O–H groups in total. The van der Waals surface area contributed by atoms with Crippen LogP contribution in [0, 0.1) is 11.8 Å². The number of carboxylic acid groups (broad SMARTS) is 1. The van der Waals surface area contributed by atoms with Gasteiger partial charge < -0.3 is 10.4 Å². The Morgan fingerprint density at radius 2 is 1.67 bits per heavy atom. The minimum absolute atomic E-state index is 0.0403. The standard InChI is InChI=1S/C11H21NO5S/c1-7(8(2)10(14)15)9(13)12-6-11(3,4)18(5,16)17/h7-8H,6H2,1-5H3,(H,12,13)(H,14,15). The zero-order chi connectivity index (χ0) is 14.7.